The first-order chi connectivity index (χ1) is 10.1. The first-order valence-corrected chi connectivity index (χ1v) is 9.39. The van der Waals surface area contributed by atoms with Crippen molar-refractivity contribution in [2.75, 3.05) is 18.4 Å². The molecule has 0 amide bonds. The zero-order chi connectivity index (χ0) is 15.3. The van der Waals surface area contributed by atoms with Crippen LogP contribution in [-0.2, 0) is 10.0 Å². The second-order valence-electron chi connectivity index (χ2n) is 5.60. The van der Waals surface area contributed by atoms with Gasteiger partial charge < -0.3 is 5.32 Å². The summed E-state index contributed by atoms with van der Waals surface area (Å²) in [5.74, 6) is 0. The molecule has 0 saturated heterocycles. The highest BCUT2D eigenvalue weighted by Gasteiger charge is 2.31. The van der Waals surface area contributed by atoms with Crippen molar-refractivity contribution >= 4 is 15.7 Å². The van der Waals surface area contributed by atoms with Crippen LogP contribution in [0.4, 0.5) is 5.69 Å². The first kappa shape index (κ1) is 16.3. The summed E-state index contributed by atoms with van der Waals surface area (Å²) in [5.41, 5.74) is 0.972. The van der Waals surface area contributed by atoms with Gasteiger partial charge in [0.25, 0.3) is 0 Å². The maximum Gasteiger partial charge on any atom is 0.243 e. The smallest absolute Gasteiger partial charge is 0.243 e. The van der Waals surface area contributed by atoms with Crippen LogP contribution < -0.4 is 5.32 Å². The molecule has 1 N–H and O–H groups in total. The molecular weight excluding hydrogens is 284 g/mol. The van der Waals surface area contributed by atoms with E-state index < -0.39 is 10.0 Å². The molecule has 0 aromatic heterocycles. The molecule has 1 aromatic rings. The Kier molecular flexibility index (Phi) is 5.65. The number of hydrogen-bond donors (Lipinski definition) is 1. The molecule has 0 heterocycles. The van der Waals surface area contributed by atoms with Crippen LogP contribution in [0.2, 0.25) is 0 Å². The van der Waals surface area contributed by atoms with E-state index in [1.54, 1.807) is 16.4 Å². The Morgan fingerprint density at radius 3 is 2.29 bits per heavy atom. The van der Waals surface area contributed by atoms with Gasteiger partial charge in [0, 0.05) is 24.8 Å². The van der Waals surface area contributed by atoms with E-state index in [2.05, 4.69) is 12.2 Å². The van der Waals surface area contributed by atoms with E-state index >= 15 is 0 Å². The van der Waals surface area contributed by atoms with Gasteiger partial charge in [-0.1, -0.05) is 26.7 Å². The predicted octanol–water partition coefficient (Wildman–Crippen LogP) is 3.46. The molecule has 4 nitrogen and oxygen atoms in total. The van der Waals surface area contributed by atoms with Gasteiger partial charge in [-0.15, -0.1) is 0 Å². The Hall–Kier alpha value is -1.07. The molecule has 0 atom stereocenters. The van der Waals surface area contributed by atoms with Gasteiger partial charge in [0.1, 0.15) is 0 Å². The first-order valence-electron chi connectivity index (χ1n) is 7.95. The third-order valence-electron chi connectivity index (χ3n) is 4.08. The molecule has 1 aliphatic rings. The number of nitrogens with zero attached hydrogens (tertiary/aromatic N) is 1. The number of hydrogen-bond acceptors (Lipinski definition) is 3. The second-order valence-corrected chi connectivity index (χ2v) is 7.49. The summed E-state index contributed by atoms with van der Waals surface area (Å²) in [5, 5.41) is 3.26. The SMILES string of the molecule is CCCNc1ccc(S(=O)(=O)N(CC)C2CCCC2)cc1. The lowest BCUT2D eigenvalue weighted by molar-refractivity contribution is 0.335. The molecule has 21 heavy (non-hydrogen) atoms. The topological polar surface area (TPSA) is 49.4 Å². The zero-order valence-corrected chi connectivity index (χ0v) is 13.8. The summed E-state index contributed by atoms with van der Waals surface area (Å²) >= 11 is 0. The van der Waals surface area contributed by atoms with E-state index in [9.17, 15) is 8.42 Å². The third kappa shape index (κ3) is 3.77. The fourth-order valence-corrected chi connectivity index (χ4v) is 4.66. The van der Waals surface area contributed by atoms with Crippen LogP contribution in [0.15, 0.2) is 29.2 Å². The third-order valence-corrected chi connectivity index (χ3v) is 6.13. The summed E-state index contributed by atoms with van der Waals surface area (Å²) in [6.45, 7) is 5.47. The molecule has 1 aliphatic carbocycles. The normalized spacial score (nSPS) is 16.5. The van der Waals surface area contributed by atoms with Crippen molar-refractivity contribution in [3.05, 3.63) is 24.3 Å². The minimum atomic E-state index is -3.37. The van der Waals surface area contributed by atoms with Crippen molar-refractivity contribution in [1.82, 2.24) is 4.31 Å². The van der Waals surface area contributed by atoms with Gasteiger partial charge >= 0.3 is 0 Å². The van der Waals surface area contributed by atoms with E-state index in [0.29, 0.717) is 11.4 Å². The largest absolute Gasteiger partial charge is 0.385 e. The van der Waals surface area contributed by atoms with Crippen LogP contribution >= 0.6 is 0 Å². The predicted molar refractivity (Wildman–Crippen MR) is 87.0 cm³/mol. The maximum atomic E-state index is 12.8. The van der Waals surface area contributed by atoms with E-state index in [1.807, 2.05) is 19.1 Å². The highest BCUT2D eigenvalue weighted by Crippen LogP contribution is 2.28. The van der Waals surface area contributed by atoms with Crippen molar-refractivity contribution in [2.45, 2.75) is 56.9 Å². The number of rotatable bonds is 7. The summed E-state index contributed by atoms with van der Waals surface area (Å²) in [6, 6.07) is 7.31. The van der Waals surface area contributed by atoms with Crippen LogP contribution in [0.25, 0.3) is 0 Å². The van der Waals surface area contributed by atoms with Gasteiger partial charge in [0.05, 0.1) is 4.90 Å². The van der Waals surface area contributed by atoms with Crippen LogP contribution in [0.1, 0.15) is 46.0 Å². The average Bonchev–Trinajstić information content (AvgIpc) is 3.00. The Balaban J connectivity index is 2.17. The van der Waals surface area contributed by atoms with E-state index in [0.717, 1.165) is 44.3 Å². The summed E-state index contributed by atoms with van der Waals surface area (Å²) in [4.78, 5) is 0.401. The second kappa shape index (κ2) is 7.27. The summed E-state index contributed by atoms with van der Waals surface area (Å²) in [6.07, 6.45) is 5.30. The molecule has 5 heteroatoms. The monoisotopic (exact) mass is 310 g/mol. The molecule has 0 unspecified atom stereocenters. The molecule has 0 spiro atoms. The Morgan fingerprint density at radius 2 is 1.76 bits per heavy atom. The Bertz CT molecular complexity index is 534. The highest BCUT2D eigenvalue weighted by atomic mass is 32.2. The molecule has 1 saturated carbocycles. The summed E-state index contributed by atoms with van der Waals surface area (Å²) in [7, 11) is -3.37. The molecule has 118 valence electrons. The lowest BCUT2D eigenvalue weighted by Gasteiger charge is -2.26. The van der Waals surface area contributed by atoms with Gasteiger partial charge in [-0.2, -0.15) is 4.31 Å². The molecule has 1 fully saturated rings. The van der Waals surface area contributed by atoms with E-state index in [-0.39, 0.29) is 6.04 Å². The van der Waals surface area contributed by atoms with Crippen LogP contribution in [0, 0.1) is 0 Å². The number of benzene rings is 1. The zero-order valence-electron chi connectivity index (χ0n) is 13.0. The standard InChI is InChI=1S/C16H26N2O2S/c1-3-13-17-14-9-11-16(12-10-14)21(19,20)18(4-2)15-7-5-6-8-15/h9-12,15,17H,3-8,13H2,1-2H3. The number of nitrogens with one attached hydrogen (secondary N) is 1. The minimum absolute atomic E-state index is 0.179. The van der Waals surface area contributed by atoms with Gasteiger partial charge in [0.15, 0.2) is 0 Å². The molecule has 0 radical (unpaired) electrons. The van der Waals surface area contributed by atoms with Gasteiger partial charge in [-0.3, -0.25) is 0 Å². The lowest BCUT2D eigenvalue weighted by Crippen LogP contribution is -2.38. The van der Waals surface area contributed by atoms with Crippen molar-refractivity contribution in [3.63, 3.8) is 0 Å². The lowest BCUT2D eigenvalue weighted by atomic mass is 10.2. The van der Waals surface area contributed by atoms with Gasteiger partial charge in [-0.25, -0.2) is 8.42 Å². The quantitative estimate of drug-likeness (QED) is 0.839. The molecule has 1 aromatic carbocycles. The fraction of sp³-hybridized carbons (Fsp3) is 0.625. The van der Waals surface area contributed by atoms with Crippen molar-refractivity contribution in [1.29, 1.82) is 0 Å². The summed E-state index contributed by atoms with van der Waals surface area (Å²) < 4.78 is 27.2. The molecular formula is C16H26N2O2S. The van der Waals surface area contributed by atoms with E-state index in [4.69, 9.17) is 0 Å². The maximum absolute atomic E-state index is 12.8. The number of sulfonamides is 1. The molecule has 0 aliphatic heterocycles. The van der Waals surface area contributed by atoms with Gasteiger partial charge in [-0.05, 0) is 43.5 Å². The van der Waals surface area contributed by atoms with Crippen molar-refractivity contribution < 1.29 is 8.42 Å². The minimum Gasteiger partial charge on any atom is -0.385 e. The molecule has 0 bridgehead atoms. The number of anilines is 1. The Labute approximate surface area is 128 Å². The van der Waals surface area contributed by atoms with Crippen LogP contribution in [0.3, 0.4) is 0 Å². The van der Waals surface area contributed by atoms with Gasteiger partial charge in [0.2, 0.25) is 10.0 Å². The van der Waals surface area contributed by atoms with Crippen molar-refractivity contribution in [2.24, 2.45) is 0 Å². The Morgan fingerprint density at radius 1 is 1.14 bits per heavy atom. The van der Waals surface area contributed by atoms with Crippen LogP contribution in [0.5, 0.6) is 0 Å². The molecule has 2 rings (SSSR count). The van der Waals surface area contributed by atoms with E-state index in [1.165, 1.54) is 0 Å². The fourth-order valence-electron chi connectivity index (χ4n) is 2.97. The van der Waals surface area contributed by atoms with Crippen LogP contribution in [-0.4, -0.2) is 31.9 Å². The highest BCUT2D eigenvalue weighted by molar-refractivity contribution is 7.89. The average molecular weight is 310 g/mol. The van der Waals surface area contributed by atoms with Crippen molar-refractivity contribution in [3.8, 4) is 0 Å².